The molecule has 0 fully saturated rings. The first kappa shape index (κ1) is 12.2. The van der Waals surface area contributed by atoms with E-state index < -0.39 is 0 Å². The number of fused-ring (bicyclic) bond motifs is 1. The zero-order valence-corrected chi connectivity index (χ0v) is 11.5. The van der Waals surface area contributed by atoms with Crippen LogP contribution in [0.2, 0.25) is 5.28 Å². The Morgan fingerprint density at radius 1 is 1.37 bits per heavy atom. The van der Waals surface area contributed by atoms with E-state index in [1.807, 2.05) is 0 Å². The normalized spacial score (nSPS) is 14.3. The molecule has 0 radical (unpaired) electrons. The Morgan fingerprint density at radius 2 is 2.21 bits per heavy atom. The minimum Gasteiger partial charge on any atom is -0.394 e. The van der Waals surface area contributed by atoms with Gasteiger partial charge in [-0.05, 0) is 43.0 Å². The van der Waals surface area contributed by atoms with Crippen molar-refractivity contribution in [2.24, 2.45) is 0 Å². The lowest BCUT2D eigenvalue weighted by atomic mass is 9.99. The van der Waals surface area contributed by atoms with Gasteiger partial charge in [0.1, 0.15) is 0 Å². The smallest absolute Gasteiger partial charge is 0.224 e. The maximum Gasteiger partial charge on any atom is 0.224 e. The molecule has 1 aliphatic heterocycles. The molecule has 0 aliphatic carbocycles. The standard InChI is InChI=1S/C14H15ClN4/c1-9-4-5-12-10(7-9)3-2-6-19(12)13-11(16)8-17-14(15)18-13/h4-5,7-8H,2-3,6,16H2,1H3. The summed E-state index contributed by atoms with van der Waals surface area (Å²) in [6.45, 7) is 3.00. The molecule has 1 aromatic heterocycles. The van der Waals surface area contributed by atoms with Gasteiger partial charge in [-0.1, -0.05) is 17.7 Å². The van der Waals surface area contributed by atoms with Crippen molar-refractivity contribution in [1.29, 1.82) is 0 Å². The van der Waals surface area contributed by atoms with Crippen molar-refractivity contribution in [2.45, 2.75) is 19.8 Å². The molecule has 0 spiro atoms. The van der Waals surface area contributed by atoms with E-state index in [4.69, 9.17) is 17.3 Å². The summed E-state index contributed by atoms with van der Waals surface area (Å²) in [5.41, 5.74) is 10.3. The van der Waals surface area contributed by atoms with Crippen molar-refractivity contribution >= 4 is 28.8 Å². The molecule has 1 aromatic carbocycles. The predicted molar refractivity (Wildman–Crippen MR) is 78.0 cm³/mol. The topological polar surface area (TPSA) is 55.0 Å². The summed E-state index contributed by atoms with van der Waals surface area (Å²) in [4.78, 5) is 10.3. The number of aromatic nitrogens is 2. The molecule has 0 saturated carbocycles. The largest absolute Gasteiger partial charge is 0.394 e. The second-order valence-electron chi connectivity index (χ2n) is 4.81. The predicted octanol–water partition coefficient (Wildman–Crippen LogP) is 3.10. The Bertz CT molecular complexity index is 627. The zero-order valence-electron chi connectivity index (χ0n) is 10.7. The van der Waals surface area contributed by atoms with Crippen LogP contribution in [0.1, 0.15) is 17.5 Å². The highest BCUT2D eigenvalue weighted by Crippen LogP contribution is 2.35. The van der Waals surface area contributed by atoms with E-state index in [0.29, 0.717) is 11.5 Å². The summed E-state index contributed by atoms with van der Waals surface area (Å²) in [6.07, 6.45) is 3.73. The van der Waals surface area contributed by atoms with Crippen LogP contribution >= 0.6 is 11.6 Å². The minimum absolute atomic E-state index is 0.225. The maximum atomic E-state index is 5.98. The summed E-state index contributed by atoms with van der Waals surface area (Å²) in [6, 6.07) is 6.45. The van der Waals surface area contributed by atoms with E-state index in [-0.39, 0.29) is 5.28 Å². The van der Waals surface area contributed by atoms with Crippen LogP contribution in [0.4, 0.5) is 17.2 Å². The fourth-order valence-corrected chi connectivity index (χ4v) is 2.65. The Labute approximate surface area is 117 Å². The van der Waals surface area contributed by atoms with E-state index in [1.165, 1.54) is 16.8 Å². The van der Waals surface area contributed by atoms with Crippen LogP contribution in [-0.2, 0) is 6.42 Å². The molecule has 98 valence electrons. The van der Waals surface area contributed by atoms with Gasteiger partial charge in [0.15, 0.2) is 5.82 Å². The molecule has 1 aliphatic rings. The molecule has 3 rings (SSSR count). The molecule has 0 unspecified atom stereocenters. The fourth-order valence-electron chi connectivity index (χ4n) is 2.52. The Balaban J connectivity index is 2.11. The Hall–Kier alpha value is -1.81. The summed E-state index contributed by atoms with van der Waals surface area (Å²) in [7, 11) is 0. The number of anilines is 3. The first-order valence-electron chi connectivity index (χ1n) is 6.30. The second-order valence-corrected chi connectivity index (χ2v) is 5.14. The molecule has 0 saturated heterocycles. The van der Waals surface area contributed by atoms with Crippen molar-refractivity contribution < 1.29 is 0 Å². The van der Waals surface area contributed by atoms with E-state index in [2.05, 4.69) is 40.0 Å². The number of aryl methyl sites for hydroxylation is 2. The number of benzene rings is 1. The number of rotatable bonds is 1. The highest BCUT2D eigenvalue weighted by atomic mass is 35.5. The van der Waals surface area contributed by atoms with Crippen LogP contribution in [-0.4, -0.2) is 16.5 Å². The number of nitrogens with zero attached hydrogens (tertiary/aromatic N) is 3. The third-order valence-electron chi connectivity index (χ3n) is 3.38. The Kier molecular flexibility index (Phi) is 3.03. The molecule has 0 bridgehead atoms. The van der Waals surface area contributed by atoms with Gasteiger partial charge in [-0.3, -0.25) is 0 Å². The highest BCUT2D eigenvalue weighted by molar-refractivity contribution is 6.28. The number of halogens is 1. The van der Waals surface area contributed by atoms with Crippen LogP contribution in [0, 0.1) is 6.92 Å². The summed E-state index contributed by atoms with van der Waals surface area (Å²) in [5, 5.41) is 0.225. The lowest BCUT2D eigenvalue weighted by Gasteiger charge is -2.31. The molecule has 0 amide bonds. The molecular formula is C14H15ClN4. The Morgan fingerprint density at radius 3 is 3.05 bits per heavy atom. The molecule has 2 N–H and O–H groups in total. The maximum absolute atomic E-state index is 5.98. The molecule has 0 atom stereocenters. The third kappa shape index (κ3) is 2.24. The van der Waals surface area contributed by atoms with Gasteiger partial charge in [-0.15, -0.1) is 0 Å². The SMILES string of the molecule is Cc1ccc2c(c1)CCCN2c1nc(Cl)ncc1N. The first-order valence-corrected chi connectivity index (χ1v) is 6.68. The average molecular weight is 275 g/mol. The van der Waals surface area contributed by atoms with Gasteiger partial charge in [-0.2, -0.15) is 4.98 Å². The summed E-state index contributed by atoms with van der Waals surface area (Å²) in [5.74, 6) is 0.699. The lowest BCUT2D eigenvalue weighted by molar-refractivity contribution is 0.758. The minimum atomic E-state index is 0.225. The van der Waals surface area contributed by atoms with E-state index in [9.17, 15) is 0 Å². The number of hydrogen-bond donors (Lipinski definition) is 1. The van der Waals surface area contributed by atoms with Crippen molar-refractivity contribution in [2.75, 3.05) is 17.2 Å². The number of nitrogens with two attached hydrogens (primary N) is 1. The second kappa shape index (κ2) is 4.70. The molecule has 2 heterocycles. The van der Waals surface area contributed by atoms with Crippen molar-refractivity contribution in [3.8, 4) is 0 Å². The van der Waals surface area contributed by atoms with Gasteiger partial charge in [0.25, 0.3) is 0 Å². The number of hydrogen-bond acceptors (Lipinski definition) is 4. The molecule has 5 heteroatoms. The monoisotopic (exact) mass is 274 g/mol. The van der Waals surface area contributed by atoms with Crippen molar-refractivity contribution in [3.63, 3.8) is 0 Å². The van der Waals surface area contributed by atoms with E-state index >= 15 is 0 Å². The van der Waals surface area contributed by atoms with Gasteiger partial charge < -0.3 is 10.6 Å². The molecular weight excluding hydrogens is 260 g/mol. The van der Waals surface area contributed by atoms with Crippen LogP contribution in [0.3, 0.4) is 0 Å². The van der Waals surface area contributed by atoms with Gasteiger partial charge in [0, 0.05) is 12.2 Å². The van der Waals surface area contributed by atoms with E-state index in [0.717, 1.165) is 19.4 Å². The molecule has 19 heavy (non-hydrogen) atoms. The third-order valence-corrected chi connectivity index (χ3v) is 3.56. The van der Waals surface area contributed by atoms with E-state index in [1.54, 1.807) is 6.20 Å². The summed E-state index contributed by atoms with van der Waals surface area (Å²) < 4.78 is 0. The van der Waals surface area contributed by atoms with Gasteiger partial charge in [0.05, 0.1) is 11.9 Å². The quantitative estimate of drug-likeness (QED) is 0.812. The first-order chi connectivity index (χ1) is 9.15. The average Bonchev–Trinajstić information content (AvgIpc) is 2.40. The molecule has 4 nitrogen and oxygen atoms in total. The van der Waals surface area contributed by atoms with Crippen LogP contribution < -0.4 is 10.6 Å². The fraction of sp³-hybridized carbons (Fsp3) is 0.286. The van der Waals surface area contributed by atoms with Crippen LogP contribution in [0.25, 0.3) is 0 Å². The van der Waals surface area contributed by atoms with Crippen molar-refractivity contribution in [1.82, 2.24) is 9.97 Å². The van der Waals surface area contributed by atoms with Crippen LogP contribution in [0.5, 0.6) is 0 Å². The zero-order chi connectivity index (χ0) is 13.4. The van der Waals surface area contributed by atoms with Gasteiger partial charge >= 0.3 is 0 Å². The summed E-state index contributed by atoms with van der Waals surface area (Å²) >= 11 is 5.88. The van der Waals surface area contributed by atoms with Gasteiger partial charge in [-0.25, -0.2) is 4.98 Å². The lowest BCUT2D eigenvalue weighted by Crippen LogP contribution is -2.26. The number of nitrogen functional groups attached to an aromatic ring is 1. The molecule has 2 aromatic rings. The van der Waals surface area contributed by atoms with Gasteiger partial charge in [0.2, 0.25) is 5.28 Å². The van der Waals surface area contributed by atoms with Crippen LogP contribution in [0.15, 0.2) is 24.4 Å². The highest BCUT2D eigenvalue weighted by Gasteiger charge is 2.21. The van der Waals surface area contributed by atoms with Crippen molar-refractivity contribution in [3.05, 3.63) is 40.8 Å².